The molecule has 5 heteroatoms. The second-order valence-corrected chi connectivity index (χ2v) is 2.87. The number of hydrogen-bond donors (Lipinski definition) is 1. The van der Waals surface area contributed by atoms with Gasteiger partial charge < -0.3 is 19.3 Å². The molecule has 0 aromatic rings. The molecular weight excluding hydrogens is 200 g/mol. The fourth-order valence-electron chi connectivity index (χ4n) is 0.717. The Bertz CT molecular complexity index is 200. The fraction of sp³-hybridized carbons (Fsp3) is 0.700. The summed E-state index contributed by atoms with van der Waals surface area (Å²) in [6.45, 7) is 3.88. The van der Waals surface area contributed by atoms with Gasteiger partial charge in [-0.3, -0.25) is 0 Å². The van der Waals surface area contributed by atoms with Gasteiger partial charge in [-0.05, 0) is 13.0 Å². The van der Waals surface area contributed by atoms with E-state index >= 15 is 0 Å². The lowest BCUT2D eigenvalue weighted by molar-refractivity contribution is -0.132. The average molecular weight is 218 g/mol. The summed E-state index contributed by atoms with van der Waals surface area (Å²) in [5.41, 5.74) is 0.287. The molecule has 0 saturated carbocycles. The summed E-state index contributed by atoms with van der Waals surface area (Å²) in [5.74, 6) is -0.921. The maximum atomic E-state index is 10.4. The van der Waals surface area contributed by atoms with Gasteiger partial charge in [-0.15, -0.1) is 0 Å². The molecule has 0 aliphatic heterocycles. The standard InChI is InChI=1S/C10H18O5/c1-9(10(11)12)3-4-14-7-8-15-6-5-13-2/h3H,4-8H2,1-2H3,(H,11,12)/b9-3-. The molecule has 0 atom stereocenters. The molecule has 0 aromatic carbocycles. The van der Waals surface area contributed by atoms with Crippen molar-refractivity contribution in [3.8, 4) is 0 Å². The number of carboxylic acid groups (broad SMARTS) is 1. The molecule has 0 rings (SSSR count). The summed E-state index contributed by atoms with van der Waals surface area (Å²) in [7, 11) is 1.61. The summed E-state index contributed by atoms with van der Waals surface area (Å²) < 4.78 is 15.1. The number of hydrogen-bond acceptors (Lipinski definition) is 4. The first-order valence-corrected chi connectivity index (χ1v) is 4.73. The second kappa shape index (κ2) is 9.64. The molecule has 0 saturated heterocycles. The average Bonchev–Trinajstić information content (AvgIpc) is 2.21. The van der Waals surface area contributed by atoms with Crippen molar-refractivity contribution in [1.29, 1.82) is 0 Å². The molecule has 0 aromatic heterocycles. The van der Waals surface area contributed by atoms with Crippen LogP contribution in [-0.4, -0.2) is 51.2 Å². The zero-order chi connectivity index (χ0) is 11.5. The summed E-state index contributed by atoms with van der Waals surface area (Å²) >= 11 is 0. The van der Waals surface area contributed by atoms with Crippen molar-refractivity contribution < 1.29 is 24.1 Å². The van der Waals surface area contributed by atoms with Crippen LogP contribution in [0, 0.1) is 0 Å². The van der Waals surface area contributed by atoms with Crippen LogP contribution in [0.25, 0.3) is 0 Å². The van der Waals surface area contributed by atoms with Crippen LogP contribution in [0.3, 0.4) is 0 Å². The first-order chi connectivity index (χ1) is 7.18. The third-order valence-corrected chi connectivity index (χ3v) is 1.65. The number of carbonyl (C=O) groups is 1. The summed E-state index contributed by atoms with van der Waals surface area (Å²) in [4.78, 5) is 10.4. The van der Waals surface area contributed by atoms with E-state index in [1.165, 1.54) is 13.0 Å². The van der Waals surface area contributed by atoms with Crippen molar-refractivity contribution in [3.63, 3.8) is 0 Å². The van der Waals surface area contributed by atoms with Crippen LogP contribution in [-0.2, 0) is 19.0 Å². The Labute approximate surface area is 89.6 Å². The summed E-state index contributed by atoms with van der Waals surface area (Å²) in [6.07, 6.45) is 1.53. The van der Waals surface area contributed by atoms with Gasteiger partial charge in [0, 0.05) is 12.7 Å². The molecule has 88 valence electrons. The van der Waals surface area contributed by atoms with Gasteiger partial charge in [0.1, 0.15) is 0 Å². The smallest absolute Gasteiger partial charge is 0.331 e. The van der Waals surface area contributed by atoms with Crippen molar-refractivity contribution in [1.82, 2.24) is 0 Å². The van der Waals surface area contributed by atoms with Gasteiger partial charge in [0.15, 0.2) is 0 Å². The SMILES string of the molecule is COCCOCCOC/C=C(/C)C(=O)O. The minimum atomic E-state index is -0.921. The number of rotatable bonds is 9. The van der Waals surface area contributed by atoms with E-state index in [4.69, 9.17) is 19.3 Å². The number of aliphatic carboxylic acids is 1. The molecule has 0 aliphatic rings. The Balaban J connectivity index is 3.25. The van der Waals surface area contributed by atoms with Crippen LogP contribution in [0.5, 0.6) is 0 Å². The van der Waals surface area contributed by atoms with Crippen LogP contribution >= 0.6 is 0 Å². The quantitative estimate of drug-likeness (QED) is 0.456. The largest absolute Gasteiger partial charge is 0.478 e. The number of methoxy groups -OCH3 is 1. The maximum absolute atomic E-state index is 10.4. The highest BCUT2D eigenvalue weighted by molar-refractivity contribution is 5.85. The van der Waals surface area contributed by atoms with Gasteiger partial charge in [-0.25, -0.2) is 4.79 Å². The normalized spacial score (nSPS) is 11.7. The molecule has 0 spiro atoms. The molecule has 0 fully saturated rings. The highest BCUT2D eigenvalue weighted by atomic mass is 16.5. The van der Waals surface area contributed by atoms with Crippen LogP contribution in [0.4, 0.5) is 0 Å². The first kappa shape index (κ1) is 14.1. The Kier molecular flexibility index (Phi) is 9.05. The van der Waals surface area contributed by atoms with Crippen molar-refractivity contribution in [2.75, 3.05) is 40.1 Å². The van der Waals surface area contributed by atoms with Gasteiger partial charge in [-0.1, -0.05) is 0 Å². The zero-order valence-corrected chi connectivity index (χ0v) is 9.19. The molecule has 0 amide bonds. The second-order valence-electron chi connectivity index (χ2n) is 2.87. The molecule has 15 heavy (non-hydrogen) atoms. The van der Waals surface area contributed by atoms with E-state index in [1.807, 2.05) is 0 Å². The van der Waals surface area contributed by atoms with E-state index in [2.05, 4.69) is 0 Å². The molecule has 0 heterocycles. The predicted molar refractivity (Wildman–Crippen MR) is 54.9 cm³/mol. The van der Waals surface area contributed by atoms with Gasteiger partial charge >= 0.3 is 5.97 Å². The van der Waals surface area contributed by atoms with E-state index in [-0.39, 0.29) is 5.57 Å². The Morgan fingerprint density at radius 3 is 2.40 bits per heavy atom. The topological polar surface area (TPSA) is 65.0 Å². The number of ether oxygens (including phenoxy) is 3. The lowest BCUT2D eigenvalue weighted by atomic mass is 10.3. The zero-order valence-electron chi connectivity index (χ0n) is 9.19. The lowest BCUT2D eigenvalue weighted by Gasteiger charge is -2.03. The molecule has 0 aliphatic carbocycles. The van der Waals surface area contributed by atoms with Crippen LogP contribution in [0.15, 0.2) is 11.6 Å². The van der Waals surface area contributed by atoms with Crippen LogP contribution < -0.4 is 0 Å². The fourth-order valence-corrected chi connectivity index (χ4v) is 0.717. The Hall–Kier alpha value is -0.910. The lowest BCUT2D eigenvalue weighted by Crippen LogP contribution is -2.08. The van der Waals surface area contributed by atoms with Gasteiger partial charge in [0.2, 0.25) is 0 Å². The Morgan fingerprint density at radius 2 is 1.80 bits per heavy atom. The van der Waals surface area contributed by atoms with Crippen molar-refractivity contribution in [3.05, 3.63) is 11.6 Å². The molecule has 0 unspecified atom stereocenters. The predicted octanol–water partition coefficient (Wildman–Crippen LogP) is 0.697. The number of carboxylic acids is 1. The van der Waals surface area contributed by atoms with E-state index in [9.17, 15) is 4.79 Å². The first-order valence-electron chi connectivity index (χ1n) is 4.73. The maximum Gasteiger partial charge on any atom is 0.331 e. The molecule has 0 bridgehead atoms. The van der Waals surface area contributed by atoms with Gasteiger partial charge in [0.25, 0.3) is 0 Å². The van der Waals surface area contributed by atoms with E-state index in [0.29, 0.717) is 33.0 Å². The monoisotopic (exact) mass is 218 g/mol. The van der Waals surface area contributed by atoms with Gasteiger partial charge in [0.05, 0.1) is 33.0 Å². The molecule has 5 nitrogen and oxygen atoms in total. The molecule has 0 radical (unpaired) electrons. The highest BCUT2D eigenvalue weighted by Gasteiger charge is 1.97. The Morgan fingerprint density at radius 1 is 1.20 bits per heavy atom. The van der Waals surface area contributed by atoms with Crippen molar-refractivity contribution >= 4 is 5.97 Å². The summed E-state index contributed by atoms with van der Waals surface area (Å²) in [5, 5.41) is 8.52. The van der Waals surface area contributed by atoms with E-state index in [0.717, 1.165) is 0 Å². The third kappa shape index (κ3) is 9.40. The van der Waals surface area contributed by atoms with E-state index in [1.54, 1.807) is 7.11 Å². The minimum absolute atomic E-state index is 0.287. The van der Waals surface area contributed by atoms with Crippen molar-refractivity contribution in [2.24, 2.45) is 0 Å². The highest BCUT2D eigenvalue weighted by Crippen LogP contribution is 1.91. The van der Waals surface area contributed by atoms with Crippen LogP contribution in [0.2, 0.25) is 0 Å². The molecular formula is C10H18O5. The third-order valence-electron chi connectivity index (χ3n) is 1.65. The van der Waals surface area contributed by atoms with Gasteiger partial charge in [-0.2, -0.15) is 0 Å². The summed E-state index contributed by atoms with van der Waals surface area (Å²) in [6, 6.07) is 0. The minimum Gasteiger partial charge on any atom is -0.478 e. The van der Waals surface area contributed by atoms with Crippen LogP contribution in [0.1, 0.15) is 6.92 Å². The van der Waals surface area contributed by atoms with Crippen molar-refractivity contribution in [2.45, 2.75) is 6.92 Å². The molecule has 1 N–H and O–H groups in total. The van der Waals surface area contributed by atoms with E-state index < -0.39 is 5.97 Å².